The smallest absolute Gasteiger partial charge is 0.263 e. The minimum absolute atomic E-state index is 0.0572. The summed E-state index contributed by atoms with van der Waals surface area (Å²) in [6, 6.07) is 0. The van der Waals surface area contributed by atoms with E-state index in [2.05, 4.69) is 17.2 Å². The lowest BCUT2D eigenvalue weighted by molar-refractivity contribution is 0.215. The van der Waals surface area contributed by atoms with Crippen molar-refractivity contribution in [3.63, 3.8) is 0 Å². The number of hydrogen-bond donors (Lipinski definition) is 1. The maximum Gasteiger partial charge on any atom is 0.263 e. The van der Waals surface area contributed by atoms with Crippen molar-refractivity contribution in [1.82, 2.24) is 5.16 Å². The van der Waals surface area contributed by atoms with E-state index in [0.717, 1.165) is 36.3 Å². The van der Waals surface area contributed by atoms with Gasteiger partial charge < -0.3 is 15.1 Å². The van der Waals surface area contributed by atoms with E-state index >= 15 is 0 Å². The van der Waals surface area contributed by atoms with Crippen LogP contribution in [0.2, 0.25) is 0 Å². The Morgan fingerprint density at radius 1 is 1.53 bits per heavy atom. The topological polar surface area (TPSA) is 73.6 Å². The minimum Gasteiger partial charge on any atom is -0.472 e. The Bertz CT molecular complexity index is 423. The fourth-order valence-corrected chi connectivity index (χ4v) is 2.15. The van der Waals surface area contributed by atoms with Crippen LogP contribution in [0.1, 0.15) is 57.3 Å². The molecule has 0 radical (unpaired) electrons. The lowest BCUT2D eigenvalue weighted by atomic mass is 10.0. The van der Waals surface area contributed by atoms with Gasteiger partial charge in [0, 0.05) is 5.92 Å². The first-order valence-electron chi connectivity index (χ1n) is 6.06. The van der Waals surface area contributed by atoms with Crippen molar-refractivity contribution >= 4 is 5.71 Å². The van der Waals surface area contributed by atoms with Crippen molar-refractivity contribution < 1.29 is 9.26 Å². The SMILES string of the molecule is CC(C)Oc1noc2c1/C(=N/N)CCCC2C. The maximum atomic E-state index is 5.65. The zero-order chi connectivity index (χ0) is 12.4. The van der Waals surface area contributed by atoms with Gasteiger partial charge in [0.05, 0.1) is 11.8 Å². The molecule has 0 fully saturated rings. The molecular weight excluding hydrogens is 218 g/mol. The second-order valence-electron chi connectivity index (χ2n) is 4.76. The van der Waals surface area contributed by atoms with Gasteiger partial charge in [-0.2, -0.15) is 5.10 Å². The zero-order valence-corrected chi connectivity index (χ0v) is 10.6. The maximum absolute atomic E-state index is 5.65. The van der Waals surface area contributed by atoms with E-state index in [4.69, 9.17) is 15.1 Å². The molecule has 1 unspecified atom stereocenters. The molecule has 1 atom stereocenters. The predicted octanol–water partition coefficient (Wildman–Crippen LogP) is 2.41. The van der Waals surface area contributed by atoms with Crippen LogP contribution >= 0.6 is 0 Å². The van der Waals surface area contributed by atoms with Crippen molar-refractivity contribution in [2.24, 2.45) is 10.9 Å². The van der Waals surface area contributed by atoms with E-state index in [1.807, 2.05) is 13.8 Å². The molecule has 17 heavy (non-hydrogen) atoms. The summed E-state index contributed by atoms with van der Waals surface area (Å²) in [5, 5.41) is 7.85. The fraction of sp³-hybridized carbons (Fsp3) is 0.667. The highest BCUT2D eigenvalue weighted by atomic mass is 16.5. The summed E-state index contributed by atoms with van der Waals surface area (Å²) in [6.45, 7) is 6.05. The van der Waals surface area contributed by atoms with Gasteiger partial charge >= 0.3 is 0 Å². The third kappa shape index (κ3) is 2.28. The van der Waals surface area contributed by atoms with E-state index < -0.39 is 0 Å². The largest absolute Gasteiger partial charge is 0.472 e. The van der Waals surface area contributed by atoms with Gasteiger partial charge in [-0.05, 0) is 38.3 Å². The van der Waals surface area contributed by atoms with Gasteiger partial charge in [-0.1, -0.05) is 6.92 Å². The molecule has 0 amide bonds. The number of rotatable bonds is 2. The summed E-state index contributed by atoms with van der Waals surface area (Å²) in [4.78, 5) is 0. The second kappa shape index (κ2) is 4.77. The predicted molar refractivity (Wildman–Crippen MR) is 65.3 cm³/mol. The van der Waals surface area contributed by atoms with E-state index in [9.17, 15) is 0 Å². The Balaban J connectivity index is 2.45. The van der Waals surface area contributed by atoms with E-state index in [-0.39, 0.29) is 6.10 Å². The third-order valence-electron chi connectivity index (χ3n) is 2.98. The number of nitrogens with two attached hydrogens (primary N) is 1. The molecule has 0 saturated carbocycles. The number of hydrogen-bond acceptors (Lipinski definition) is 5. The molecule has 5 nitrogen and oxygen atoms in total. The van der Waals surface area contributed by atoms with Crippen LogP contribution in [0, 0.1) is 0 Å². The Morgan fingerprint density at radius 2 is 2.29 bits per heavy atom. The summed E-state index contributed by atoms with van der Waals surface area (Å²) in [5.74, 6) is 7.16. The van der Waals surface area contributed by atoms with E-state index in [0.29, 0.717) is 11.8 Å². The van der Waals surface area contributed by atoms with Crippen molar-refractivity contribution in [3.05, 3.63) is 11.3 Å². The molecule has 2 rings (SSSR count). The van der Waals surface area contributed by atoms with Crippen LogP contribution in [0.15, 0.2) is 9.62 Å². The molecule has 1 aromatic heterocycles. The van der Waals surface area contributed by atoms with Crippen LogP contribution in [-0.2, 0) is 0 Å². The average Bonchev–Trinajstić information content (AvgIpc) is 2.59. The number of nitrogens with zero attached hydrogens (tertiary/aromatic N) is 2. The standard InChI is InChI=1S/C12H19N3O2/c1-7(2)16-12-10-9(14-13)6-4-5-8(3)11(10)17-15-12/h7-8H,4-6,13H2,1-3H3/b14-9+. The lowest BCUT2D eigenvalue weighted by Gasteiger charge is -2.08. The minimum atomic E-state index is 0.0572. The van der Waals surface area contributed by atoms with Crippen LogP contribution < -0.4 is 10.6 Å². The number of ether oxygens (including phenoxy) is 1. The molecule has 0 aliphatic heterocycles. The highest BCUT2D eigenvalue weighted by Gasteiger charge is 2.29. The first-order valence-corrected chi connectivity index (χ1v) is 6.06. The molecule has 0 saturated heterocycles. The number of fused-ring (bicyclic) bond motifs is 1. The normalized spacial score (nSPS) is 22.6. The molecule has 1 aliphatic rings. The van der Waals surface area contributed by atoms with Crippen LogP contribution in [0.3, 0.4) is 0 Å². The Morgan fingerprint density at radius 3 is 2.94 bits per heavy atom. The molecule has 5 heteroatoms. The van der Waals surface area contributed by atoms with Crippen LogP contribution in [0.4, 0.5) is 0 Å². The van der Waals surface area contributed by atoms with E-state index in [1.54, 1.807) is 0 Å². The van der Waals surface area contributed by atoms with Gasteiger partial charge in [-0.3, -0.25) is 0 Å². The highest BCUT2D eigenvalue weighted by Crippen LogP contribution is 2.35. The summed E-state index contributed by atoms with van der Waals surface area (Å²) in [5.41, 5.74) is 1.70. The summed E-state index contributed by atoms with van der Waals surface area (Å²) in [7, 11) is 0. The number of hydrazone groups is 1. The van der Waals surface area contributed by atoms with Gasteiger partial charge in [-0.25, -0.2) is 0 Å². The van der Waals surface area contributed by atoms with E-state index in [1.165, 1.54) is 0 Å². The Hall–Kier alpha value is -1.52. The van der Waals surface area contributed by atoms with Gasteiger partial charge in [0.25, 0.3) is 5.88 Å². The zero-order valence-electron chi connectivity index (χ0n) is 10.6. The van der Waals surface area contributed by atoms with Gasteiger partial charge in [0.15, 0.2) is 5.76 Å². The molecule has 0 aromatic carbocycles. The van der Waals surface area contributed by atoms with Crippen molar-refractivity contribution in [2.75, 3.05) is 0 Å². The third-order valence-corrected chi connectivity index (χ3v) is 2.98. The summed E-state index contributed by atoms with van der Waals surface area (Å²) < 4.78 is 11.0. The second-order valence-corrected chi connectivity index (χ2v) is 4.76. The lowest BCUT2D eigenvalue weighted by Crippen LogP contribution is -2.11. The van der Waals surface area contributed by atoms with Crippen LogP contribution in [0.5, 0.6) is 5.88 Å². The van der Waals surface area contributed by atoms with Crippen molar-refractivity contribution in [2.45, 2.75) is 52.1 Å². The first-order chi connectivity index (χ1) is 8.13. The molecule has 2 N–H and O–H groups in total. The van der Waals surface area contributed by atoms with Gasteiger partial charge in [-0.15, -0.1) is 0 Å². The number of aromatic nitrogens is 1. The van der Waals surface area contributed by atoms with Crippen molar-refractivity contribution in [3.8, 4) is 5.88 Å². The summed E-state index contributed by atoms with van der Waals surface area (Å²) >= 11 is 0. The molecule has 0 spiro atoms. The molecule has 1 heterocycles. The molecular formula is C12H19N3O2. The average molecular weight is 237 g/mol. The molecule has 94 valence electrons. The van der Waals surface area contributed by atoms with Crippen molar-refractivity contribution in [1.29, 1.82) is 0 Å². The highest BCUT2D eigenvalue weighted by molar-refractivity contribution is 6.03. The molecule has 0 bridgehead atoms. The molecule has 1 aliphatic carbocycles. The fourth-order valence-electron chi connectivity index (χ4n) is 2.15. The Kier molecular flexibility index (Phi) is 3.36. The van der Waals surface area contributed by atoms with Gasteiger partial charge in [0.2, 0.25) is 0 Å². The monoisotopic (exact) mass is 237 g/mol. The van der Waals surface area contributed by atoms with Crippen LogP contribution in [-0.4, -0.2) is 17.0 Å². The summed E-state index contributed by atoms with van der Waals surface area (Å²) in [6.07, 6.45) is 3.02. The molecule has 1 aromatic rings. The quantitative estimate of drug-likeness (QED) is 0.487. The van der Waals surface area contributed by atoms with Crippen LogP contribution in [0.25, 0.3) is 0 Å². The van der Waals surface area contributed by atoms with Gasteiger partial charge in [0.1, 0.15) is 5.56 Å². The Labute approximate surface area is 101 Å². The first kappa shape index (κ1) is 12.0.